The number of carbonyl (C=O) groups excluding carboxylic acids is 1. The van der Waals surface area contributed by atoms with E-state index in [-0.39, 0.29) is 34.0 Å². The first-order valence-electron chi connectivity index (χ1n) is 11.4. The molecular weight excluding hydrogens is 488 g/mol. The van der Waals surface area contributed by atoms with E-state index in [1.165, 1.54) is 18.2 Å². The van der Waals surface area contributed by atoms with Crippen molar-refractivity contribution in [1.29, 1.82) is 0 Å². The van der Waals surface area contributed by atoms with Crippen LogP contribution in [0.25, 0.3) is 11.3 Å². The van der Waals surface area contributed by atoms with E-state index in [1.54, 1.807) is 17.0 Å². The molecule has 0 saturated carbocycles. The van der Waals surface area contributed by atoms with Gasteiger partial charge in [-0.2, -0.15) is 0 Å². The predicted octanol–water partition coefficient (Wildman–Crippen LogP) is 4.20. The van der Waals surface area contributed by atoms with Crippen molar-refractivity contribution in [2.75, 3.05) is 17.8 Å². The van der Waals surface area contributed by atoms with Crippen molar-refractivity contribution < 1.29 is 18.3 Å². The summed E-state index contributed by atoms with van der Waals surface area (Å²) < 4.78 is 28.7. The Morgan fingerprint density at radius 1 is 1.09 bits per heavy atom. The summed E-state index contributed by atoms with van der Waals surface area (Å²) in [7, 11) is -4.11. The number of benzene rings is 2. The van der Waals surface area contributed by atoms with Gasteiger partial charge in [0.1, 0.15) is 5.15 Å². The van der Waals surface area contributed by atoms with Crippen LogP contribution in [0.4, 0.5) is 5.95 Å². The van der Waals surface area contributed by atoms with Crippen molar-refractivity contribution in [2.24, 2.45) is 0 Å². The molecule has 4 rings (SSSR count). The molecule has 0 bridgehead atoms. The normalized spacial score (nSPS) is 16.6. The van der Waals surface area contributed by atoms with Gasteiger partial charge in [0.15, 0.2) is 0 Å². The quantitative estimate of drug-likeness (QED) is 0.493. The van der Waals surface area contributed by atoms with Gasteiger partial charge in [-0.15, -0.1) is 0 Å². The first kappa shape index (κ1) is 25.1. The SMILES string of the molecule is Cc1cccc(C)c1-c1cc(Cl)nc(NS(=O)(=O)c2cccc(C(=O)N3CCCC[C@@H](O)C3)c2)n1. The van der Waals surface area contributed by atoms with Crippen LogP contribution < -0.4 is 4.72 Å². The Bertz CT molecular complexity index is 1340. The predicted molar refractivity (Wildman–Crippen MR) is 135 cm³/mol. The minimum absolute atomic E-state index is 0.0963. The smallest absolute Gasteiger partial charge is 0.264 e. The zero-order chi connectivity index (χ0) is 25.2. The maximum absolute atomic E-state index is 13.2. The topological polar surface area (TPSA) is 112 Å². The van der Waals surface area contributed by atoms with Crippen molar-refractivity contribution in [3.8, 4) is 11.3 Å². The maximum Gasteiger partial charge on any atom is 0.264 e. The van der Waals surface area contributed by atoms with Crippen molar-refractivity contribution in [3.05, 3.63) is 70.4 Å². The highest BCUT2D eigenvalue weighted by atomic mass is 35.5. The van der Waals surface area contributed by atoms with E-state index in [0.29, 0.717) is 18.7 Å². The number of nitrogens with zero attached hydrogens (tertiary/aromatic N) is 3. The average Bonchev–Trinajstić information content (AvgIpc) is 3.02. The number of aliphatic hydroxyl groups is 1. The third kappa shape index (κ3) is 5.80. The molecule has 0 aliphatic carbocycles. The van der Waals surface area contributed by atoms with E-state index in [2.05, 4.69) is 14.7 Å². The van der Waals surface area contributed by atoms with Crippen LogP contribution in [-0.2, 0) is 10.0 Å². The van der Waals surface area contributed by atoms with Gasteiger partial charge in [0.2, 0.25) is 5.95 Å². The first-order chi connectivity index (χ1) is 16.6. The molecule has 1 aromatic heterocycles. The Labute approximate surface area is 210 Å². The first-order valence-corrected chi connectivity index (χ1v) is 13.2. The Balaban J connectivity index is 1.62. The van der Waals surface area contributed by atoms with Gasteiger partial charge in [-0.3, -0.25) is 4.79 Å². The van der Waals surface area contributed by atoms with E-state index in [0.717, 1.165) is 29.5 Å². The lowest BCUT2D eigenvalue weighted by Gasteiger charge is -2.22. The number of β-amino-alcohol motifs (C(OH)–C–C–N with tert-alkyl or cyclic N) is 1. The average molecular weight is 515 g/mol. The molecule has 1 atom stereocenters. The molecular formula is C25H27ClN4O4S. The van der Waals surface area contributed by atoms with Crippen LogP contribution in [0, 0.1) is 13.8 Å². The highest BCUT2D eigenvalue weighted by molar-refractivity contribution is 7.92. The number of aryl methyl sites for hydroxylation is 2. The third-order valence-corrected chi connectivity index (χ3v) is 7.50. The van der Waals surface area contributed by atoms with E-state index in [4.69, 9.17) is 11.6 Å². The lowest BCUT2D eigenvalue weighted by molar-refractivity contribution is 0.0655. The number of anilines is 1. The summed E-state index contributed by atoms with van der Waals surface area (Å²) in [6.07, 6.45) is 1.69. The van der Waals surface area contributed by atoms with Gasteiger partial charge < -0.3 is 10.0 Å². The summed E-state index contributed by atoms with van der Waals surface area (Å²) >= 11 is 6.20. The molecule has 0 spiro atoms. The van der Waals surface area contributed by atoms with Gasteiger partial charge in [-0.1, -0.05) is 35.9 Å². The van der Waals surface area contributed by atoms with E-state index >= 15 is 0 Å². The third-order valence-electron chi connectivity index (χ3n) is 5.98. The fourth-order valence-electron chi connectivity index (χ4n) is 4.27. The lowest BCUT2D eigenvalue weighted by atomic mass is 10.00. The van der Waals surface area contributed by atoms with Crippen LogP contribution in [0.1, 0.15) is 40.7 Å². The number of sulfonamides is 1. The summed E-state index contributed by atoms with van der Waals surface area (Å²) in [5.74, 6) is -0.484. The van der Waals surface area contributed by atoms with Gasteiger partial charge in [-0.25, -0.2) is 23.1 Å². The largest absolute Gasteiger partial charge is 0.391 e. The van der Waals surface area contributed by atoms with Gasteiger partial charge in [0.05, 0.1) is 16.7 Å². The van der Waals surface area contributed by atoms with Crippen LogP contribution in [0.15, 0.2) is 53.4 Å². The second-order valence-electron chi connectivity index (χ2n) is 8.70. The molecule has 10 heteroatoms. The van der Waals surface area contributed by atoms with Gasteiger partial charge >= 0.3 is 0 Å². The van der Waals surface area contributed by atoms with E-state index < -0.39 is 16.1 Å². The standard InChI is InChI=1S/C25H27ClN4O4S/c1-16-7-5-8-17(2)23(16)21-14-22(26)28-25(27-21)29-35(33,34)20-11-6-9-18(13-20)24(32)30-12-4-3-10-19(31)15-30/h5-9,11,13-14,19,31H,3-4,10,12,15H2,1-2H3,(H,27,28,29)/t19-/m1/s1. The Morgan fingerprint density at radius 3 is 2.54 bits per heavy atom. The van der Waals surface area contributed by atoms with Crippen molar-refractivity contribution in [2.45, 2.75) is 44.1 Å². The number of halogens is 1. The maximum atomic E-state index is 13.2. The minimum atomic E-state index is -4.11. The monoisotopic (exact) mass is 514 g/mol. The summed E-state index contributed by atoms with van der Waals surface area (Å²) in [5.41, 5.74) is 3.52. The molecule has 0 unspecified atom stereocenters. The Morgan fingerprint density at radius 2 is 1.80 bits per heavy atom. The number of hydrogen-bond donors (Lipinski definition) is 2. The summed E-state index contributed by atoms with van der Waals surface area (Å²) in [6.45, 7) is 4.62. The summed E-state index contributed by atoms with van der Waals surface area (Å²) in [4.78, 5) is 22.9. The number of amides is 1. The number of hydrogen-bond acceptors (Lipinski definition) is 6. The lowest BCUT2D eigenvalue weighted by Crippen LogP contribution is -2.36. The molecule has 3 aromatic rings. The fraction of sp³-hybridized carbons (Fsp3) is 0.320. The molecule has 1 amide bonds. The number of carbonyl (C=O) groups is 1. The molecule has 1 aliphatic rings. The Kier molecular flexibility index (Phi) is 7.39. The van der Waals surface area contributed by atoms with Gasteiger partial charge in [0, 0.05) is 30.3 Å². The summed E-state index contributed by atoms with van der Waals surface area (Å²) in [6, 6.07) is 13.2. The van der Waals surface area contributed by atoms with Crippen molar-refractivity contribution in [1.82, 2.24) is 14.9 Å². The molecule has 2 heterocycles. The Hall–Kier alpha value is -3.01. The van der Waals surface area contributed by atoms with Crippen LogP contribution in [0.5, 0.6) is 0 Å². The van der Waals surface area contributed by atoms with Crippen molar-refractivity contribution in [3.63, 3.8) is 0 Å². The highest BCUT2D eigenvalue weighted by Crippen LogP contribution is 2.28. The number of nitrogens with one attached hydrogen (secondary N) is 1. The molecule has 1 fully saturated rings. The second kappa shape index (κ2) is 10.3. The zero-order valence-electron chi connectivity index (χ0n) is 19.5. The number of rotatable bonds is 5. The zero-order valence-corrected chi connectivity index (χ0v) is 21.1. The van der Waals surface area contributed by atoms with Crippen LogP contribution in [-0.4, -0.2) is 53.5 Å². The van der Waals surface area contributed by atoms with Gasteiger partial charge in [-0.05, 0) is 62.4 Å². The molecule has 1 saturated heterocycles. The molecule has 2 aromatic carbocycles. The molecule has 184 valence electrons. The van der Waals surface area contributed by atoms with Crippen molar-refractivity contribution >= 4 is 33.5 Å². The van der Waals surface area contributed by atoms with Crippen LogP contribution in [0.3, 0.4) is 0 Å². The molecule has 35 heavy (non-hydrogen) atoms. The minimum Gasteiger partial charge on any atom is -0.391 e. The van der Waals surface area contributed by atoms with Crippen LogP contribution >= 0.6 is 11.6 Å². The molecule has 8 nitrogen and oxygen atoms in total. The van der Waals surface area contributed by atoms with E-state index in [1.807, 2.05) is 32.0 Å². The second-order valence-corrected chi connectivity index (χ2v) is 10.8. The number of aliphatic hydroxyl groups excluding tert-OH is 1. The molecule has 2 N–H and O–H groups in total. The fourth-order valence-corrected chi connectivity index (χ4v) is 5.44. The van der Waals surface area contributed by atoms with Gasteiger partial charge in [0.25, 0.3) is 15.9 Å². The number of aromatic nitrogens is 2. The molecule has 1 aliphatic heterocycles. The van der Waals surface area contributed by atoms with E-state index in [9.17, 15) is 18.3 Å². The number of likely N-dealkylation sites (tertiary alicyclic amines) is 1. The summed E-state index contributed by atoms with van der Waals surface area (Å²) in [5, 5.41) is 10.1. The molecule has 0 radical (unpaired) electrons. The highest BCUT2D eigenvalue weighted by Gasteiger charge is 2.24. The van der Waals surface area contributed by atoms with Crippen LogP contribution in [0.2, 0.25) is 5.15 Å².